The van der Waals surface area contributed by atoms with Crippen LogP contribution < -0.4 is 10.1 Å². The Hall–Kier alpha value is -2.72. The van der Waals surface area contributed by atoms with E-state index in [1.807, 2.05) is 32.0 Å². The number of halogens is 4. The minimum Gasteiger partial charge on any atom is -0.485 e. The number of benzene rings is 2. The highest BCUT2D eigenvalue weighted by Gasteiger charge is 2.31. The van der Waals surface area contributed by atoms with Crippen LogP contribution >= 0.6 is 23.4 Å². The van der Waals surface area contributed by atoms with Gasteiger partial charge in [-0.3, -0.25) is 4.79 Å². The largest absolute Gasteiger partial charge is 0.485 e. The number of nitrogens with one attached hydrogen (secondary N) is 1. The molecule has 3 aromatic rings. The van der Waals surface area contributed by atoms with Crippen molar-refractivity contribution in [2.45, 2.75) is 31.8 Å². The highest BCUT2D eigenvalue weighted by molar-refractivity contribution is 7.99. The zero-order valence-corrected chi connectivity index (χ0v) is 19.0. The minimum absolute atomic E-state index is 0.0147. The predicted molar refractivity (Wildman–Crippen MR) is 117 cm³/mol. The van der Waals surface area contributed by atoms with Crippen LogP contribution in [0.2, 0.25) is 5.02 Å². The Morgan fingerprint density at radius 3 is 2.66 bits per heavy atom. The molecule has 0 bridgehead atoms. The van der Waals surface area contributed by atoms with Crippen LogP contribution in [0.4, 0.5) is 18.9 Å². The van der Waals surface area contributed by atoms with Gasteiger partial charge in [0.1, 0.15) is 12.4 Å². The molecule has 1 N–H and O–H groups in total. The molecular weight excluding hydrogens is 465 g/mol. The molecule has 0 saturated carbocycles. The molecule has 0 spiro atoms. The van der Waals surface area contributed by atoms with Gasteiger partial charge >= 0.3 is 6.18 Å². The summed E-state index contributed by atoms with van der Waals surface area (Å²) in [4.78, 5) is 12.2. The second-order valence-corrected chi connectivity index (χ2v) is 8.39. The van der Waals surface area contributed by atoms with Crippen molar-refractivity contribution >= 4 is 35.0 Å². The number of carbonyl (C=O) groups is 1. The smallest absolute Gasteiger partial charge is 0.416 e. The highest BCUT2D eigenvalue weighted by atomic mass is 35.5. The minimum atomic E-state index is -4.53. The maximum absolute atomic E-state index is 12.9. The number of thioether (sulfide) groups is 1. The van der Waals surface area contributed by atoms with Gasteiger partial charge in [0.05, 0.1) is 22.0 Å². The summed E-state index contributed by atoms with van der Waals surface area (Å²) in [5, 5.41) is 11.0. The highest BCUT2D eigenvalue weighted by Crippen LogP contribution is 2.34. The molecular formula is C21H20ClF3N4O2S. The number of carbonyl (C=O) groups excluding carboxylic acids is 1. The predicted octanol–water partition coefficient (Wildman–Crippen LogP) is 5.41. The molecule has 0 fully saturated rings. The molecule has 0 atom stereocenters. The summed E-state index contributed by atoms with van der Waals surface area (Å²) >= 11 is 7.01. The molecule has 170 valence electrons. The third kappa shape index (κ3) is 5.95. The van der Waals surface area contributed by atoms with E-state index in [1.54, 1.807) is 11.6 Å². The van der Waals surface area contributed by atoms with Gasteiger partial charge in [-0.05, 0) is 49.2 Å². The molecule has 1 aromatic heterocycles. The molecule has 0 unspecified atom stereocenters. The van der Waals surface area contributed by atoms with Crippen molar-refractivity contribution in [3.05, 3.63) is 63.9 Å². The fourth-order valence-corrected chi connectivity index (χ4v) is 3.61. The second kappa shape index (κ2) is 9.83. The molecule has 3 rings (SSSR count). The SMILES string of the molecule is Cc1ccc(C)c(OCc2nnc(SCC(=O)Nc3cc(C(F)(F)F)ccc3Cl)n2C)c1. The molecule has 0 saturated heterocycles. The van der Waals surface area contributed by atoms with Crippen LogP contribution in [0.1, 0.15) is 22.5 Å². The lowest BCUT2D eigenvalue weighted by Crippen LogP contribution is -2.16. The van der Waals surface area contributed by atoms with E-state index >= 15 is 0 Å². The normalized spacial score (nSPS) is 11.5. The fraction of sp³-hybridized carbons (Fsp3) is 0.286. The molecule has 32 heavy (non-hydrogen) atoms. The van der Waals surface area contributed by atoms with E-state index < -0.39 is 17.6 Å². The van der Waals surface area contributed by atoms with Gasteiger partial charge in [0.25, 0.3) is 0 Å². The van der Waals surface area contributed by atoms with Crippen LogP contribution in [0, 0.1) is 13.8 Å². The van der Waals surface area contributed by atoms with Crippen LogP contribution in [0.5, 0.6) is 5.75 Å². The van der Waals surface area contributed by atoms with Crippen LogP contribution in [0.25, 0.3) is 0 Å². The van der Waals surface area contributed by atoms with Crippen molar-refractivity contribution in [2.75, 3.05) is 11.1 Å². The molecule has 11 heteroatoms. The Kier molecular flexibility index (Phi) is 7.35. The van der Waals surface area contributed by atoms with Crippen molar-refractivity contribution in [2.24, 2.45) is 7.05 Å². The van der Waals surface area contributed by atoms with Gasteiger partial charge in [0, 0.05) is 7.05 Å². The summed E-state index contributed by atoms with van der Waals surface area (Å²) in [7, 11) is 1.74. The van der Waals surface area contributed by atoms with E-state index in [2.05, 4.69) is 15.5 Å². The zero-order chi connectivity index (χ0) is 23.5. The first kappa shape index (κ1) is 23.9. The van der Waals surface area contributed by atoms with E-state index in [4.69, 9.17) is 16.3 Å². The molecule has 0 radical (unpaired) electrons. The second-order valence-electron chi connectivity index (χ2n) is 7.04. The van der Waals surface area contributed by atoms with E-state index in [0.717, 1.165) is 46.8 Å². The van der Waals surface area contributed by atoms with Crippen LogP contribution in [0.15, 0.2) is 41.6 Å². The van der Waals surface area contributed by atoms with Gasteiger partial charge in [-0.15, -0.1) is 10.2 Å². The lowest BCUT2D eigenvalue weighted by Gasteiger charge is -2.11. The summed E-state index contributed by atoms with van der Waals surface area (Å²) in [6, 6.07) is 8.65. The number of amides is 1. The van der Waals surface area contributed by atoms with Gasteiger partial charge in [-0.2, -0.15) is 13.2 Å². The third-order valence-electron chi connectivity index (χ3n) is 4.53. The van der Waals surface area contributed by atoms with Gasteiger partial charge in [-0.25, -0.2) is 0 Å². The fourth-order valence-electron chi connectivity index (χ4n) is 2.72. The van der Waals surface area contributed by atoms with E-state index in [0.29, 0.717) is 11.0 Å². The van der Waals surface area contributed by atoms with Gasteiger partial charge in [0.2, 0.25) is 5.91 Å². The standard InChI is InChI=1S/C21H20ClF3N4O2S/c1-12-4-5-13(2)17(8-12)31-10-18-27-28-20(29(18)3)32-11-19(30)26-16-9-14(21(23,24)25)6-7-15(16)22/h4-9H,10-11H2,1-3H3,(H,26,30). The maximum Gasteiger partial charge on any atom is 0.416 e. The van der Waals surface area contributed by atoms with Crippen molar-refractivity contribution in [1.29, 1.82) is 0 Å². The quantitative estimate of drug-likeness (QED) is 0.454. The van der Waals surface area contributed by atoms with Crippen LogP contribution in [-0.2, 0) is 24.6 Å². The number of anilines is 1. The number of aryl methyl sites for hydroxylation is 2. The molecule has 6 nitrogen and oxygen atoms in total. The van der Waals surface area contributed by atoms with Crippen molar-refractivity contribution < 1.29 is 22.7 Å². The van der Waals surface area contributed by atoms with Gasteiger partial charge < -0.3 is 14.6 Å². The molecule has 0 aliphatic carbocycles. The third-order valence-corrected chi connectivity index (χ3v) is 5.88. The lowest BCUT2D eigenvalue weighted by molar-refractivity contribution is -0.137. The Bertz CT molecular complexity index is 1130. The Morgan fingerprint density at radius 1 is 1.19 bits per heavy atom. The number of ether oxygens (including phenoxy) is 1. The Labute approximate surface area is 192 Å². The Morgan fingerprint density at radius 2 is 1.94 bits per heavy atom. The van der Waals surface area contributed by atoms with E-state index in [9.17, 15) is 18.0 Å². The summed E-state index contributed by atoms with van der Waals surface area (Å²) in [6.45, 7) is 4.11. The summed E-state index contributed by atoms with van der Waals surface area (Å²) < 4.78 is 46.2. The van der Waals surface area contributed by atoms with E-state index in [1.165, 1.54) is 0 Å². The van der Waals surface area contributed by atoms with Gasteiger partial charge in [-0.1, -0.05) is 35.5 Å². The molecule has 1 amide bonds. The molecule has 0 aliphatic heterocycles. The summed E-state index contributed by atoms with van der Waals surface area (Å²) in [6.07, 6.45) is -4.53. The number of rotatable bonds is 7. The summed E-state index contributed by atoms with van der Waals surface area (Å²) in [5.74, 6) is 0.706. The number of hydrogen-bond acceptors (Lipinski definition) is 5. The van der Waals surface area contributed by atoms with Crippen molar-refractivity contribution in [1.82, 2.24) is 14.8 Å². The molecule has 2 aromatic carbocycles. The first-order valence-electron chi connectivity index (χ1n) is 9.42. The maximum atomic E-state index is 12.9. The Balaban J connectivity index is 1.59. The topological polar surface area (TPSA) is 69.0 Å². The van der Waals surface area contributed by atoms with Crippen LogP contribution in [0.3, 0.4) is 0 Å². The number of nitrogens with zero attached hydrogens (tertiary/aromatic N) is 3. The average Bonchev–Trinajstić information content (AvgIpc) is 3.07. The molecule has 1 heterocycles. The zero-order valence-electron chi connectivity index (χ0n) is 17.5. The van der Waals surface area contributed by atoms with Crippen molar-refractivity contribution in [3.63, 3.8) is 0 Å². The first-order chi connectivity index (χ1) is 15.0. The number of alkyl halides is 3. The lowest BCUT2D eigenvalue weighted by atomic mass is 10.1. The summed E-state index contributed by atoms with van der Waals surface area (Å²) in [5.41, 5.74) is 1.07. The molecule has 0 aliphatic rings. The van der Waals surface area contributed by atoms with Crippen molar-refractivity contribution in [3.8, 4) is 5.75 Å². The van der Waals surface area contributed by atoms with E-state index in [-0.39, 0.29) is 23.1 Å². The van der Waals surface area contributed by atoms with Gasteiger partial charge in [0.15, 0.2) is 11.0 Å². The monoisotopic (exact) mass is 484 g/mol. The first-order valence-corrected chi connectivity index (χ1v) is 10.8. The number of hydrogen-bond donors (Lipinski definition) is 1. The average molecular weight is 485 g/mol. The van der Waals surface area contributed by atoms with Crippen LogP contribution in [-0.4, -0.2) is 26.4 Å². The number of aromatic nitrogens is 3.